The number of nitrogens with zero attached hydrogens (tertiary/aromatic N) is 4. The lowest BCUT2D eigenvalue weighted by atomic mass is 9.90. The van der Waals surface area contributed by atoms with Crippen molar-refractivity contribution < 1.29 is 0 Å². The first-order chi connectivity index (χ1) is 19.8. The lowest BCUT2D eigenvalue weighted by Crippen LogP contribution is -2.48. The molecule has 0 aromatic heterocycles. The van der Waals surface area contributed by atoms with E-state index in [1.54, 1.807) is 0 Å². The van der Waals surface area contributed by atoms with Crippen molar-refractivity contribution in [2.45, 2.75) is 179 Å². The minimum Gasteiger partial charge on any atom is -0.301 e. The van der Waals surface area contributed by atoms with Gasteiger partial charge in [-0.15, -0.1) is 0 Å². The summed E-state index contributed by atoms with van der Waals surface area (Å²) in [5.41, 5.74) is 0. The van der Waals surface area contributed by atoms with Gasteiger partial charge in [0.15, 0.2) is 0 Å². The Morgan fingerprint density at radius 1 is 0.325 bits per heavy atom. The first kappa shape index (κ1) is 32.7. The molecule has 0 bridgehead atoms. The van der Waals surface area contributed by atoms with Crippen LogP contribution >= 0.6 is 0 Å². The van der Waals surface area contributed by atoms with Crippen LogP contribution in [-0.4, -0.2) is 96.1 Å². The van der Waals surface area contributed by atoms with Gasteiger partial charge in [-0.25, -0.2) is 0 Å². The Hall–Kier alpha value is -0.160. The second-order valence-electron chi connectivity index (χ2n) is 14.2. The molecule has 0 aromatic rings. The van der Waals surface area contributed by atoms with E-state index in [1.807, 2.05) is 0 Å². The van der Waals surface area contributed by atoms with Crippen LogP contribution in [0.4, 0.5) is 0 Å². The highest BCUT2D eigenvalue weighted by Gasteiger charge is 2.28. The number of hydrogen-bond acceptors (Lipinski definition) is 4. The third-order valence-corrected chi connectivity index (χ3v) is 11.6. The predicted octanol–water partition coefficient (Wildman–Crippen LogP) is 8.35. The SMILES string of the molecule is C1CCC1.CCN(CCCCCN(CCCCCN(CCN(CC)C1CCC1)C1CCC1)C1CCC1)C1CCC1. The van der Waals surface area contributed by atoms with Gasteiger partial charge in [0.25, 0.3) is 0 Å². The molecule has 4 nitrogen and oxygen atoms in total. The van der Waals surface area contributed by atoms with E-state index in [2.05, 4.69) is 33.4 Å². The summed E-state index contributed by atoms with van der Waals surface area (Å²) in [5.74, 6) is 0. The van der Waals surface area contributed by atoms with Crippen molar-refractivity contribution in [2.75, 3.05) is 52.4 Å². The summed E-state index contributed by atoms with van der Waals surface area (Å²) < 4.78 is 0. The van der Waals surface area contributed by atoms with Crippen molar-refractivity contribution >= 4 is 0 Å². The molecule has 0 saturated heterocycles. The molecule has 234 valence electrons. The van der Waals surface area contributed by atoms with E-state index in [4.69, 9.17) is 0 Å². The maximum Gasteiger partial charge on any atom is 0.0112 e. The Morgan fingerprint density at radius 2 is 0.600 bits per heavy atom. The van der Waals surface area contributed by atoms with Crippen molar-refractivity contribution in [3.05, 3.63) is 0 Å². The van der Waals surface area contributed by atoms with E-state index in [1.165, 1.54) is 194 Å². The Kier molecular flexibility index (Phi) is 15.7. The van der Waals surface area contributed by atoms with Crippen molar-refractivity contribution in [1.82, 2.24) is 19.6 Å². The van der Waals surface area contributed by atoms with Crippen LogP contribution in [-0.2, 0) is 0 Å². The van der Waals surface area contributed by atoms with E-state index >= 15 is 0 Å². The molecule has 40 heavy (non-hydrogen) atoms. The fourth-order valence-electron chi connectivity index (χ4n) is 7.28. The average molecular weight is 559 g/mol. The number of unbranched alkanes of at least 4 members (excludes halogenated alkanes) is 4. The molecule has 0 N–H and O–H groups in total. The largest absolute Gasteiger partial charge is 0.301 e. The van der Waals surface area contributed by atoms with Crippen molar-refractivity contribution in [2.24, 2.45) is 0 Å². The molecule has 0 spiro atoms. The normalized spacial score (nSPS) is 22.1. The fourth-order valence-corrected chi connectivity index (χ4v) is 7.28. The number of likely N-dealkylation sites (N-methyl/N-ethyl adjacent to an activating group) is 1. The van der Waals surface area contributed by atoms with Crippen LogP contribution in [0, 0.1) is 0 Å². The van der Waals surface area contributed by atoms with Crippen LogP contribution in [0.15, 0.2) is 0 Å². The van der Waals surface area contributed by atoms with Gasteiger partial charge in [-0.3, -0.25) is 9.80 Å². The first-order valence-electron chi connectivity index (χ1n) is 18.7. The van der Waals surface area contributed by atoms with Crippen molar-refractivity contribution in [3.8, 4) is 0 Å². The molecule has 5 fully saturated rings. The molecular weight excluding hydrogens is 488 g/mol. The van der Waals surface area contributed by atoms with Crippen LogP contribution in [0.5, 0.6) is 0 Å². The third-order valence-electron chi connectivity index (χ3n) is 11.6. The third kappa shape index (κ3) is 10.8. The Balaban J connectivity index is 0.000000848. The highest BCUT2D eigenvalue weighted by atomic mass is 15.2. The quantitative estimate of drug-likeness (QED) is 0.131. The van der Waals surface area contributed by atoms with Crippen LogP contribution in [0.25, 0.3) is 0 Å². The molecule has 4 heteroatoms. The smallest absolute Gasteiger partial charge is 0.0112 e. The van der Waals surface area contributed by atoms with E-state index in [9.17, 15) is 0 Å². The topological polar surface area (TPSA) is 13.0 Å². The number of rotatable bonds is 21. The molecule has 0 aliphatic heterocycles. The second kappa shape index (κ2) is 19.2. The Morgan fingerprint density at radius 3 is 0.900 bits per heavy atom. The van der Waals surface area contributed by atoms with E-state index in [0.29, 0.717) is 0 Å². The van der Waals surface area contributed by atoms with Gasteiger partial charge >= 0.3 is 0 Å². The molecule has 5 aliphatic carbocycles. The van der Waals surface area contributed by atoms with Gasteiger partial charge < -0.3 is 9.80 Å². The highest BCUT2D eigenvalue weighted by Crippen LogP contribution is 2.29. The summed E-state index contributed by atoms with van der Waals surface area (Å²) in [5, 5.41) is 0. The average Bonchev–Trinajstić information content (AvgIpc) is 2.78. The molecule has 0 heterocycles. The van der Waals surface area contributed by atoms with E-state index in [-0.39, 0.29) is 0 Å². The lowest BCUT2D eigenvalue weighted by Gasteiger charge is -2.41. The first-order valence-corrected chi connectivity index (χ1v) is 18.7. The predicted molar refractivity (Wildman–Crippen MR) is 174 cm³/mol. The zero-order valence-electron chi connectivity index (χ0n) is 27.3. The zero-order valence-corrected chi connectivity index (χ0v) is 27.3. The van der Waals surface area contributed by atoms with Crippen LogP contribution < -0.4 is 0 Å². The lowest BCUT2D eigenvalue weighted by molar-refractivity contribution is 0.0775. The standard InChI is InChI=1S/C32H62N4.C4H8/c1-3-33(29-15-11-16-29)23-7-5-8-24-35(31-19-13-20-31)25-9-6-10-26-36(32-21-14-22-32)28-27-34(4-2)30-17-12-18-30;1-2-4-3-1/h29-32H,3-28H2,1-2H3;1-4H2. The van der Waals surface area contributed by atoms with Crippen molar-refractivity contribution in [1.29, 1.82) is 0 Å². The summed E-state index contributed by atoms with van der Waals surface area (Å²) >= 11 is 0. The van der Waals surface area contributed by atoms with E-state index in [0.717, 1.165) is 24.2 Å². The monoisotopic (exact) mass is 559 g/mol. The maximum atomic E-state index is 2.90. The van der Waals surface area contributed by atoms with Gasteiger partial charge in [0.1, 0.15) is 0 Å². The van der Waals surface area contributed by atoms with Crippen LogP contribution in [0.3, 0.4) is 0 Å². The summed E-state index contributed by atoms with van der Waals surface area (Å²) in [6, 6.07) is 3.66. The molecule has 0 aromatic carbocycles. The number of hydrogen-bond donors (Lipinski definition) is 0. The molecule has 0 atom stereocenters. The zero-order chi connectivity index (χ0) is 27.8. The summed E-state index contributed by atoms with van der Waals surface area (Å²) in [4.78, 5) is 11.3. The molecule has 0 unspecified atom stereocenters. The second-order valence-corrected chi connectivity index (χ2v) is 14.2. The van der Waals surface area contributed by atoms with Crippen molar-refractivity contribution in [3.63, 3.8) is 0 Å². The fraction of sp³-hybridized carbons (Fsp3) is 1.00. The summed E-state index contributed by atoms with van der Waals surface area (Å²) in [7, 11) is 0. The Bertz CT molecular complexity index is 616. The van der Waals surface area contributed by atoms with Gasteiger partial charge in [0.2, 0.25) is 0 Å². The van der Waals surface area contributed by atoms with Gasteiger partial charge in [-0.2, -0.15) is 0 Å². The van der Waals surface area contributed by atoms with Crippen LogP contribution in [0.1, 0.15) is 155 Å². The Labute approximate surface area is 251 Å². The molecule has 0 radical (unpaired) electrons. The molecule has 0 amide bonds. The minimum atomic E-state index is 0.907. The van der Waals surface area contributed by atoms with Crippen LogP contribution in [0.2, 0.25) is 0 Å². The summed E-state index contributed by atoms with van der Waals surface area (Å²) in [6.07, 6.45) is 32.1. The van der Waals surface area contributed by atoms with Gasteiger partial charge in [0.05, 0.1) is 0 Å². The van der Waals surface area contributed by atoms with Gasteiger partial charge in [-0.1, -0.05) is 78.1 Å². The molecule has 5 aliphatic rings. The highest BCUT2D eigenvalue weighted by molar-refractivity contribution is 4.84. The molecule has 5 rings (SSSR count). The summed E-state index contributed by atoms with van der Waals surface area (Å²) in [6.45, 7) is 15.3. The maximum absolute atomic E-state index is 2.90. The molecule has 5 saturated carbocycles. The van der Waals surface area contributed by atoms with Gasteiger partial charge in [0, 0.05) is 37.3 Å². The van der Waals surface area contributed by atoms with E-state index < -0.39 is 0 Å². The molecular formula is C36H70N4. The van der Waals surface area contributed by atoms with Gasteiger partial charge in [-0.05, 0) is 116 Å². The minimum absolute atomic E-state index is 0.907.